The first-order chi connectivity index (χ1) is 7.51. The van der Waals surface area contributed by atoms with E-state index in [1.54, 1.807) is 0 Å². The van der Waals surface area contributed by atoms with Crippen LogP contribution in [0.3, 0.4) is 0 Å². The van der Waals surface area contributed by atoms with E-state index < -0.39 is 0 Å². The van der Waals surface area contributed by atoms with Gasteiger partial charge in [0.1, 0.15) is 5.75 Å². The first-order valence-electron chi connectivity index (χ1n) is 5.55. The first kappa shape index (κ1) is 13.5. The molecule has 0 bridgehead atoms. The number of aliphatic hydroxyl groups excluding tert-OH is 1. The molecule has 0 saturated carbocycles. The molecule has 1 rings (SSSR count). The number of aliphatic hydroxyl groups is 1. The minimum atomic E-state index is -0.0294. The Morgan fingerprint density at radius 3 is 2.56 bits per heavy atom. The third kappa shape index (κ3) is 3.22. The van der Waals surface area contributed by atoms with E-state index in [4.69, 9.17) is 9.84 Å². The molecule has 0 aromatic heterocycles. The van der Waals surface area contributed by atoms with Gasteiger partial charge in [-0.15, -0.1) is 0 Å². The van der Waals surface area contributed by atoms with Crippen LogP contribution in [0.4, 0.5) is 0 Å². The lowest BCUT2D eigenvalue weighted by Gasteiger charge is -2.25. The van der Waals surface area contributed by atoms with E-state index in [9.17, 15) is 0 Å². The van der Waals surface area contributed by atoms with Gasteiger partial charge >= 0.3 is 0 Å². The molecule has 0 aliphatic heterocycles. The van der Waals surface area contributed by atoms with Gasteiger partial charge in [0.2, 0.25) is 0 Å². The molecule has 0 aliphatic rings. The summed E-state index contributed by atoms with van der Waals surface area (Å²) in [6.45, 7) is 7.10. The Bertz CT molecular complexity index is 348. The summed E-state index contributed by atoms with van der Waals surface area (Å²) in [5.74, 6) is 0.873. The average Bonchev–Trinajstić information content (AvgIpc) is 2.17. The molecular formula is C13H19BrO2. The van der Waals surface area contributed by atoms with Crippen molar-refractivity contribution in [3.63, 3.8) is 0 Å². The fourth-order valence-electron chi connectivity index (χ4n) is 1.72. The molecule has 0 aliphatic carbocycles. The van der Waals surface area contributed by atoms with Crippen LogP contribution in [0.5, 0.6) is 5.75 Å². The summed E-state index contributed by atoms with van der Waals surface area (Å²) < 4.78 is 6.47. The fourth-order valence-corrected chi connectivity index (χ4v) is 2.61. The van der Waals surface area contributed by atoms with E-state index in [0.717, 1.165) is 16.6 Å². The number of rotatable bonds is 5. The highest BCUT2D eigenvalue weighted by Crippen LogP contribution is 2.34. The van der Waals surface area contributed by atoms with Crippen LogP contribution in [0.1, 0.15) is 32.8 Å². The molecule has 0 atom stereocenters. The summed E-state index contributed by atoms with van der Waals surface area (Å²) in [5.41, 5.74) is 1.17. The second-order valence-corrected chi connectivity index (χ2v) is 5.29. The van der Waals surface area contributed by atoms with E-state index in [-0.39, 0.29) is 12.0 Å². The summed E-state index contributed by atoms with van der Waals surface area (Å²) >= 11 is 3.56. The van der Waals surface area contributed by atoms with Gasteiger partial charge in [-0.3, -0.25) is 0 Å². The molecule has 16 heavy (non-hydrogen) atoms. The van der Waals surface area contributed by atoms with Gasteiger partial charge in [0, 0.05) is 11.1 Å². The Hall–Kier alpha value is -0.540. The smallest absolute Gasteiger partial charge is 0.120 e. The SMILES string of the molecule is CCOc1ccc(C(C)(C)CCO)c(Br)c1. The van der Waals surface area contributed by atoms with Gasteiger partial charge in [0.25, 0.3) is 0 Å². The molecular weight excluding hydrogens is 268 g/mol. The highest BCUT2D eigenvalue weighted by molar-refractivity contribution is 9.10. The van der Waals surface area contributed by atoms with E-state index in [2.05, 4.69) is 35.8 Å². The Kier molecular flexibility index (Phi) is 4.81. The minimum Gasteiger partial charge on any atom is -0.494 e. The van der Waals surface area contributed by atoms with Crippen LogP contribution in [-0.2, 0) is 5.41 Å². The van der Waals surface area contributed by atoms with E-state index in [0.29, 0.717) is 6.61 Å². The third-order valence-electron chi connectivity index (χ3n) is 2.72. The predicted molar refractivity (Wildman–Crippen MR) is 70.0 cm³/mol. The Balaban J connectivity index is 2.98. The zero-order valence-electron chi connectivity index (χ0n) is 10.1. The normalized spacial score (nSPS) is 11.6. The Morgan fingerprint density at radius 2 is 2.06 bits per heavy atom. The average molecular weight is 287 g/mol. The molecule has 3 heteroatoms. The number of hydrogen-bond donors (Lipinski definition) is 1. The molecule has 2 nitrogen and oxygen atoms in total. The standard InChI is InChI=1S/C13H19BrO2/c1-4-16-10-5-6-11(12(14)9-10)13(2,3)7-8-15/h5-6,9,15H,4,7-8H2,1-3H3. The molecule has 0 spiro atoms. The zero-order chi connectivity index (χ0) is 12.2. The van der Waals surface area contributed by atoms with E-state index in [1.807, 2.05) is 19.1 Å². The van der Waals surface area contributed by atoms with Crippen molar-refractivity contribution in [3.05, 3.63) is 28.2 Å². The van der Waals surface area contributed by atoms with Gasteiger partial charge in [-0.05, 0) is 36.5 Å². The van der Waals surface area contributed by atoms with Crippen molar-refractivity contribution < 1.29 is 9.84 Å². The number of halogens is 1. The van der Waals surface area contributed by atoms with Gasteiger partial charge < -0.3 is 9.84 Å². The van der Waals surface area contributed by atoms with Crippen LogP contribution in [0.25, 0.3) is 0 Å². The molecule has 0 fully saturated rings. The van der Waals surface area contributed by atoms with Crippen LogP contribution in [0.15, 0.2) is 22.7 Å². The maximum Gasteiger partial charge on any atom is 0.120 e. The largest absolute Gasteiger partial charge is 0.494 e. The lowest BCUT2D eigenvalue weighted by Crippen LogP contribution is -2.19. The number of hydrogen-bond acceptors (Lipinski definition) is 2. The van der Waals surface area contributed by atoms with Crippen molar-refractivity contribution in [2.75, 3.05) is 13.2 Å². The molecule has 0 unspecified atom stereocenters. The molecule has 0 amide bonds. The third-order valence-corrected chi connectivity index (χ3v) is 3.37. The van der Waals surface area contributed by atoms with Crippen molar-refractivity contribution in [3.8, 4) is 5.75 Å². The van der Waals surface area contributed by atoms with Gasteiger partial charge in [0.15, 0.2) is 0 Å². The van der Waals surface area contributed by atoms with Crippen molar-refractivity contribution in [2.45, 2.75) is 32.6 Å². The molecule has 0 heterocycles. The van der Waals surface area contributed by atoms with Crippen LogP contribution < -0.4 is 4.74 Å². The number of benzene rings is 1. The van der Waals surface area contributed by atoms with Gasteiger partial charge in [-0.25, -0.2) is 0 Å². The maximum atomic E-state index is 9.05. The Morgan fingerprint density at radius 1 is 1.38 bits per heavy atom. The lowest BCUT2D eigenvalue weighted by molar-refractivity contribution is 0.252. The second kappa shape index (κ2) is 5.69. The monoisotopic (exact) mass is 286 g/mol. The first-order valence-corrected chi connectivity index (χ1v) is 6.34. The van der Waals surface area contributed by atoms with Gasteiger partial charge in [-0.1, -0.05) is 35.8 Å². The van der Waals surface area contributed by atoms with Crippen molar-refractivity contribution in [1.82, 2.24) is 0 Å². The molecule has 1 N–H and O–H groups in total. The predicted octanol–water partition coefficient (Wildman–Crippen LogP) is 3.51. The molecule has 1 aromatic rings. The summed E-state index contributed by atoms with van der Waals surface area (Å²) in [6, 6.07) is 6.02. The maximum absolute atomic E-state index is 9.05. The summed E-state index contributed by atoms with van der Waals surface area (Å²) in [6.07, 6.45) is 0.750. The minimum absolute atomic E-state index is 0.0294. The van der Waals surface area contributed by atoms with Crippen LogP contribution in [-0.4, -0.2) is 18.3 Å². The van der Waals surface area contributed by atoms with Gasteiger partial charge in [-0.2, -0.15) is 0 Å². The highest BCUT2D eigenvalue weighted by atomic mass is 79.9. The topological polar surface area (TPSA) is 29.5 Å². The van der Waals surface area contributed by atoms with Crippen molar-refractivity contribution >= 4 is 15.9 Å². The van der Waals surface area contributed by atoms with Gasteiger partial charge in [0.05, 0.1) is 6.61 Å². The van der Waals surface area contributed by atoms with E-state index >= 15 is 0 Å². The van der Waals surface area contributed by atoms with Crippen molar-refractivity contribution in [1.29, 1.82) is 0 Å². The molecule has 1 aromatic carbocycles. The number of ether oxygens (including phenoxy) is 1. The highest BCUT2D eigenvalue weighted by Gasteiger charge is 2.22. The van der Waals surface area contributed by atoms with Crippen LogP contribution in [0, 0.1) is 0 Å². The second-order valence-electron chi connectivity index (χ2n) is 4.43. The quantitative estimate of drug-likeness (QED) is 0.898. The molecule has 90 valence electrons. The van der Waals surface area contributed by atoms with Crippen LogP contribution in [0.2, 0.25) is 0 Å². The Labute approximate surface area is 106 Å². The van der Waals surface area contributed by atoms with Crippen LogP contribution >= 0.6 is 15.9 Å². The van der Waals surface area contributed by atoms with E-state index in [1.165, 1.54) is 5.56 Å². The summed E-state index contributed by atoms with van der Waals surface area (Å²) in [5, 5.41) is 9.05. The summed E-state index contributed by atoms with van der Waals surface area (Å²) in [7, 11) is 0. The zero-order valence-corrected chi connectivity index (χ0v) is 11.7. The summed E-state index contributed by atoms with van der Waals surface area (Å²) in [4.78, 5) is 0. The molecule has 0 radical (unpaired) electrons. The fraction of sp³-hybridized carbons (Fsp3) is 0.538. The lowest BCUT2D eigenvalue weighted by atomic mass is 9.82. The van der Waals surface area contributed by atoms with Crippen molar-refractivity contribution in [2.24, 2.45) is 0 Å². The molecule has 0 saturated heterocycles.